The molecule has 0 bridgehead atoms. The van der Waals surface area contributed by atoms with Crippen molar-refractivity contribution in [1.29, 1.82) is 0 Å². The Morgan fingerprint density at radius 3 is 2.15 bits per heavy atom. The van der Waals surface area contributed by atoms with Gasteiger partial charge in [-0.05, 0) is 42.6 Å². The Morgan fingerprint density at radius 1 is 1.15 bits per heavy atom. The van der Waals surface area contributed by atoms with E-state index in [1.165, 1.54) is 6.42 Å². The highest BCUT2D eigenvalue weighted by Gasteiger charge is 2.46. The number of aryl methyl sites for hydroxylation is 2. The lowest BCUT2D eigenvalue weighted by Crippen LogP contribution is -2.47. The monoisotopic (exact) mass is 278 g/mol. The zero-order valence-electron chi connectivity index (χ0n) is 14.0. The van der Waals surface area contributed by atoms with E-state index in [9.17, 15) is 5.11 Å². The smallest absolute Gasteiger partial charge is 0.0713 e. The molecule has 1 aromatic heterocycles. The van der Waals surface area contributed by atoms with E-state index in [0.717, 1.165) is 30.7 Å². The predicted octanol–water partition coefficient (Wildman–Crippen LogP) is 3.49. The van der Waals surface area contributed by atoms with Gasteiger partial charge in [-0.3, -0.25) is 4.68 Å². The second-order valence-corrected chi connectivity index (χ2v) is 8.36. The molecule has 1 fully saturated rings. The topological polar surface area (TPSA) is 38.0 Å². The largest absolute Gasteiger partial charge is 0.389 e. The fraction of sp³-hybridized carbons (Fsp3) is 0.824. The zero-order chi connectivity index (χ0) is 15.2. The van der Waals surface area contributed by atoms with Gasteiger partial charge in [-0.15, -0.1) is 0 Å². The molecule has 1 N–H and O–H groups in total. The van der Waals surface area contributed by atoms with E-state index >= 15 is 0 Å². The first kappa shape index (κ1) is 15.6. The maximum Gasteiger partial charge on any atom is 0.0713 e. The summed E-state index contributed by atoms with van der Waals surface area (Å²) >= 11 is 0. The van der Waals surface area contributed by atoms with Crippen LogP contribution in [0.5, 0.6) is 0 Å². The van der Waals surface area contributed by atoms with Crippen LogP contribution in [0.2, 0.25) is 0 Å². The lowest BCUT2D eigenvalue weighted by molar-refractivity contribution is -0.0859. The molecule has 1 saturated carbocycles. The molecule has 0 atom stereocenters. The van der Waals surface area contributed by atoms with E-state index in [1.54, 1.807) is 0 Å². The van der Waals surface area contributed by atoms with Crippen LogP contribution in [0.1, 0.15) is 65.3 Å². The predicted molar refractivity (Wildman–Crippen MR) is 82.7 cm³/mol. The fourth-order valence-electron chi connectivity index (χ4n) is 4.64. The van der Waals surface area contributed by atoms with Crippen molar-refractivity contribution in [3.05, 3.63) is 17.5 Å². The third-order valence-corrected chi connectivity index (χ3v) is 4.47. The Balaban J connectivity index is 2.23. The van der Waals surface area contributed by atoms with Crippen molar-refractivity contribution in [3.8, 4) is 0 Å². The van der Waals surface area contributed by atoms with E-state index in [4.69, 9.17) is 0 Å². The second kappa shape index (κ2) is 4.87. The summed E-state index contributed by atoms with van der Waals surface area (Å²) in [7, 11) is 1.98. The van der Waals surface area contributed by atoms with Crippen LogP contribution in [-0.2, 0) is 19.9 Å². The molecule has 1 aliphatic carbocycles. The van der Waals surface area contributed by atoms with Crippen molar-refractivity contribution in [3.63, 3.8) is 0 Å². The molecule has 0 radical (unpaired) electrons. The quantitative estimate of drug-likeness (QED) is 0.919. The Labute approximate surface area is 123 Å². The minimum Gasteiger partial charge on any atom is -0.389 e. The van der Waals surface area contributed by atoms with E-state index in [1.807, 2.05) is 11.7 Å². The first-order valence-corrected chi connectivity index (χ1v) is 7.78. The number of aliphatic hydroxyl groups is 1. The van der Waals surface area contributed by atoms with Crippen LogP contribution in [0.25, 0.3) is 0 Å². The molecule has 3 nitrogen and oxygen atoms in total. The maximum atomic E-state index is 11.2. The number of hydrogen-bond acceptors (Lipinski definition) is 2. The maximum absolute atomic E-state index is 11.2. The molecule has 0 unspecified atom stereocenters. The number of nitrogens with zero attached hydrogens (tertiary/aromatic N) is 2. The van der Waals surface area contributed by atoms with Crippen LogP contribution in [0.4, 0.5) is 0 Å². The average molecular weight is 278 g/mol. The lowest BCUT2D eigenvalue weighted by Gasteiger charge is -2.49. The highest BCUT2D eigenvalue weighted by molar-refractivity contribution is 5.14. The molecule has 0 aliphatic heterocycles. The van der Waals surface area contributed by atoms with Gasteiger partial charge in [0.15, 0.2) is 0 Å². The first-order valence-electron chi connectivity index (χ1n) is 7.78. The second-order valence-electron chi connectivity index (χ2n) is 8.36. The highest BCUT2D eigenvalue weighted by atomic mass is 16.3. The molecule has 1 heterocycles. The van der Waals surface area contributed by atoms with Gasteiger partial charge in [-0.25, -0.2) is 0 Å². The molecule has 0 aromatic carbocycles. The summed E-state index contributed by atoms with van der Waals surface area (Å²) in [5, 5.41) is 15.7. The summed E-state index contributed by atoms with van der Waals surface area (Å²) in [5.41, 5.74) is 2.05. The van der Waals surface area contributed by atoms with Gasteiger partial charge in [0.2, 0.25) is 0 Å². The zero-order valence-corrected chi connectivity index (χ0v) is 14.0. The molecule has 114 valence electrons. The molecule has 3 heteroatoms. The van der Waals surface area contributed by atoms with Crippen molar-refractivity contribution < 1.29 is 5.11 Å². The van der Waals surface area contributed by atoms with Crippen LogP contribution in [-0.4, -0.2) is 20.5 Å². The Kier molecular flexibility index (Phi) is 3.79. The van der Waals surface area contributed by atoms with E-state index in [-0.39, 0.29) is 10.8 Å². The van der Waals surface area contributed by atoms with Gasteiger partial charge < -0.3 is 5.11 Å². The van der Waals surface area contributed by atoms with Crippen molar-refractivity contribution in [2.75, 3.05) is 0 Å². The molecule has 20 heavy (non-hydrogen) atoms. The third-order valence-electron chi connectivity index (χ3n) is 4.47. The SMILES string of the molecule is CCc1cc(CC2(O)CC(C)(C)CC(C)(C)C2)n(C)n1. The minimum atomic E-state index is -0.607. The van der Waals surface area contributed by atoms with Crippen molar-refractivity contribution in [2.24, 2.45) is 17.9 Å². The number of aromatic nitrogens is 2. The summed E-state index contributed by atoms with van der Waals surface area (Å²) in [6, 6.07) is 2.15. The lowest BCUT2D eigenvalue weighted by atomic mass is 9.59. The third kappa shape index (κ3) is 3.43. The number of hydrogen-bond donors (Lipinski definition) is 1. The summed E-state index contributed by atoms with van der Waals surface area (Å²) in [5.74, 6) is 0. The molecule has 0 amide bonds. The van der Waals surface area contributed by atoms with Crippen LogP contribution < -0.4 is 0 Å². The Hall–Kier alpha value is -0.830. The van der Waals surface area contributed by atoms with Crippen LogP contribution >= 0.6 is 0 Å². The Bertz CT molecular complexity index is 469. The van der Waals surface area contributed by atoms with Crippen LogP contribution in [0.3, 0.4) is 0 Å². The molecular formula is C17H30N2O. The average Bonchev–Trinajstić information content (AvgIpc) is 2.53. The molecule has 0 saturated heterocycles. The fourth-order valence-corrected chi connectivity index (χ4v) is 4.64. The molecule has 0 spiro atoms. The van der Waals surface area contributed by atoms with Gasteiger partial charge in [0.05, 0.1) is 11.3 Å². The molecule has 2 rings (SSSR count). The molecule has 1 aromatic rings. The molecule has 1 aliphatic rings. The Morgan fingerprint density at radius 2 is 1.70 bits per heavy atom. The van der Waals surface area contributed by atoms with Crippen molar-refractivity contribution in [2.45, 2.75) is 72.3 Å². The minimum absolute atomic E-state index is 0.197. The van der Waals surface area contributed by atoms with Gasteiger partial charge in [-0.2, -0.15) is 5.10 Å². The van der Waals surface area contributed by atoms with E-state index in [0.29, 0.717) is 6.42 Å². The van der Waals surface area contributed by atoms with Crippen molar-refractivity contribution in [1.82, 2.24) is 9.78 Å². The van der Waals surface area contributed by atoms with Crippen molar-refractivity contribution >= 4 is 0 Å². The summed E-state index contributed by atoms with van der Waals surface area (Å²) in [6.45, 7) is 11.2. The number of rotatable bonds is 3. The first-order chi connectivity index (χ1) is 9.04. The van der Waals surface area contributed by atoms with Gasteiger partial charge in [0.1, 0.15) is 0 Å². The van der Waals surface area contributed by atoms with E-state index in [2.05, 4.69) is 45.8 Å². The van der Waals surface area contributed by atoms with Crippen LogP contribution in [0, 0.1) is 10.8 Å². The summed E-state index contributed by atoms with van der Waals surface area (Å²) in [6.07, 6.45) is 4.58. The van der Waals surface area contributed by atoms with Gasteiger partial charge in [0, 0.05) is 19.2 Å². The normalized spacial score (nSPS) is 23.8. The van der Waals surface area contributed by atoms with Gasteiger partial charge >= 0.3 is 0 Å². The van der Waals surface area contributed by atoms with E-state index < -0.39 is 5.60 Å². The standard InChI is InChI=1S/C17H30N2O/c1-7-13-8-14(19(6)18-13)9-17(20)11-15(2,3)10-16(4,5)12-17/h8,20H,7,9-12H2,1-6H3. The highest BCUT2D eigenvalue weighted by Crippen LogP contribution is 2.50. The summed E-state index contributed by atoms with van der Waals surface area (Å²) < 4.78 is 1.94. The van der Waals surface area contributed by atoms with Gasteiger partial charge in [-0.1, -0.05) is 34.6 Å². The molecular weight excluding hydrogens is 248 g/mol. The van der Waals surface area contributed by atoms with Gasteiger partial charge in [0.25, 0.3) is 0 Å². The van der Waals surface area contributed by atoms with Crippen LogP contribution in [0.15, 0.2) is 6.07 Å². The summed E-state index contributed by atoms with van der Waals surface area (Å²) in [4.78, 5) is 0.